The van der Waals surface area contributed by atoms with Crippen LogP contribution in [-0.4, -0.2) is 25.8 Å². The van der Waals surface area contributed by atoms with Crippen LogP contribution in [0.5, 0.6) is 0 Å². The van der Waals surface area contributed by atoms with Crippen LogP contribution >= 0.6 is 11.6 Å². The van der Waals surface area contributed by atoms with Gasteiger partial charge in [0.05, 0.1) is 23.5 Å². The van der Waals surface area contributed by atoms with Crippen molar-refractivity contribution >= 4 is 17.5 Å². The van der Waals surface area contributed by atoms with E-state index < -0.39 is 0 Å². The minimum absolute atomic E-state index is 0.158. The zero-order valence-corrected chi connectivity index (χ0v) is 14.3. The van der Waals surface area contributed by atoms with Gasteiger partial charge in [-0.25, -0.2) is 4.68 Å². The lowest BCUT2D eigenvalue weighted by molar-refractivity contribution is 0.0946. The number of carbonyl (C=O) groups excluding carboxylic acids is 1. The Balaban J connectivity index is 1.50. The van der Waals surface area contributed by atoms with Crippen molar-refractivity contribution in [3.63, 3.8) is 0 Å². The number of aryl methyl sites for hydroxylation is 1. The molecule has 3 aromatic rings. The van der Waals surface area contributed by atoms with Gasteiger partial charge in [-0.3, -0.25) is 4.79 Å². The van der Waals surface area contributed by atoms with Gasteiger partial charge in [-0.15, -0.1) is 0 Å². The third-order valence-corrected chi connectivity index (χ3v) is 4.41. The first kappa shape index (κ1) is 15.8. The Bertz CT molecular complexity index is 915. The fourth-order valence-electron chi connectivity index (χ4n) is 2.59. The summed E-state index contributed by atoms with van der Waals surface area (Å²) >= 11 is 6.38. The highest BCUT2D eigenvalue weighted by molar-refractivity contribution is 6.33. The largest absolute Gasteiger partial charge is 0.343 e. The maximum Gasteiger partial charge on any atom is 0.256 e. The standard InChI is InChI=1S/C17H16ClN5O2/c1-10-14(15(18)23(21-10)12-5-3-2-4-6-12)17(24)19-9-13-20-16(22-25-13)11-7-8-11/h2-6,11H,7-9H2,1H3,(H,19,24). The molecule has 8 heteroatoms. The molecule has 2 heterocycles. The molecule has 25 heavy (non-hydrogen) atoms. The molecule has 1 amide bonds. The second-order valence-corrected chi connectivity index (χ2v) is 6.36. The molecule has 7 nitrogen and oxygen atoms in total. The molecule has 1 N–H and O–H groups in total. The van der Waals surface area contributed by atoms with E-state index in [-0.39, 0.29) is 17.6 Å². The molecule has 0 saturated heterocycles. The first-order chi connectivity index (χ1) is 12.1. The summed E-state index contributed by atoms with van der Waals surface area (Å²) in [6.45, 7) is 1.91. The molecule has 0 aliphatic heterocycles. The van der Waals surface area contributed by atoms with Gasteiger partial charge in [0.15, 0.2) is 5.82 Å². The van der Waals surface area contributed by atoms with E-state index in [1.807, 2.05) is 30.3 Å². The van der Waals surface area contributed by atoms with Gasteiger partial charge in [0, 0.05) is 5.92 Å². The van der Waals surface area contributed by atoms with Crippen LogP contribution in [0.15, 0.2) is 34.9 Å². The van der Waals surface area contributed by atoms with Crippen molar-refractivity contribution in [2.75, 3.05) is 0 Å². The third kappa shape index (κ3) is 3.15. The molecule has 1 fully saturated rings. The molecule has 1 aliphatic carbocycles. The number of nitrogens with one attached hydrogen (secondary N) is 1. The summed E-state index contributed by atoms with van der Waals surface area (Å²) in [6.07, 6.45) is 2.19. The molecule has 1 aromatic carbocycles. The molecule has 1 saturated carbocycles. The lowest BCUT2D eigenvalue weighted by Gasteiger charge is -2.04. The molecular weight excluding hydrogens is 342 g/mol. The molecular formula is C17H16ClN5O2. The van der Waals surface area contributed by atoms with Gasteiger partial charge in [0.1, 0.15) is 5.15 Å². The Morgan fingerprint density at radius 2 is 2.12 bits per heavy atom. The minimum atomic E-state index is -0.323. The zero-order valence-electron chi connectivity index (χ0n) is 13.6. The number of nitrogens with zero attached hydrogens (tertiary/aromatic N) is 4. The average Bonchev–Trinajstić information content (AvgIpc) is 3.29. The zero-order chi connectivity index (χ0) is 17.4. The fraction of sp³-hybridized carbons (Fsp3) is 0.294. The normalized spacial score (nSPS) is 13.8. The van der Waals surface area contributed by atoms with Crippen LogP contribution in [0.4, 0.5) is 0 Å². The number of hydrogen-bond acceptors (Lipinski definition) is 5. The molecule has 0 bridgehead atoms. The number of aromatic nitrogens is 4. The lowest BCUT2D eigenvalue weighted by atomic mass is 10.2. The van der Waals surface area contributed by atoms with Crippen molar-refractivity contribution in [2.24, 2.45) is 0 Å². The summed E-state index contributed by atoms with van der Waals surface area (Å²) in [5.41, 5.74) is 1.68. The van der Waals surface area contributed by atoms with Crippen LogP contribution in [0.25, 0.3) is 5.69 Å². The average molecular weight is 358 g/mol. The summed E-state index contributed by atoms with van der Waals surface area (Å²) in [4.78, 5) is 16.8. The number of hydrogen-bond donors (Lipinski definition) is 1. The maximum atomic E-state index is 12.5. The quantitative estimate of drug-likeness (QED) is 0.758. The molecule has 2 aromatic heterocycles. The Hall–Kier alpha value is -2.67. The number of rotatable bonds is 5. The molecule has 128 valence electrons. The highest BCUT2D eigenvalue weighted by Gasteiger charge is 2.29. The summed E-state index contributed by atoms with van der Waals surface area (Å²) in [7, 11) is 0. The van der Waals surface area contributed by atoms with Gasteiger partial charge in [-0.1, -0.05) is 35.0 Å². The first-order valence-electron chi connectivity index (χ1n) is 8.04. The van der Waals surface area contributed by atoms with E-state index in [2.05, 4.69) is 20.6 Å². The van der Waals surface area contributed by atoms with E-state index in [0.29, 0.717) is 23.1 Å². The van der Waals surface area contributed by atoms with Crippen molar-refractivity contribution in [3.8, 4) is 5.69 Å². The fourth-order valence-corrected chi connectivity index (χ4v) is 2.95. The number of halogens is 1. The van der Waals surface area contributed by atoms with Gasteiger partial charge in [0.25, 0.3) is 5.91 Å². The Kier molecular flexibility index (Phi) is 4.01. The molecule has 0 spiro atoms. The second kappa shape index (κ2) is 6.33. The SMILES string of the molecule is Cc1nn(-c2ccccc2)c(Cl)c1C(=O)NCc1nc(C2CC2)no1. The summed E-state index contributed by atoms with van der Waals surface area (Å²) in [5, 5.41) is 11.3. The monoisotopic (exact) mass is 357 g/mol. The smallest absolute Gasteiger partial charge is 0.256 e. The van der Waals surface area contributed by atoms with E-state index >= 15 is 0 Å². The number of amides is 1. The predicted octanol–water partition coefficient (Wildman–Crippen LogP) is 3.02. The first-order valence-corrected chi connectivity index (χ1v) is 8.42. The number of para-hydroxylation sites is 1. The second-order valence-electron chi connectivity index (χ2n) is 6.00. The van der Waals surface area contributed by atoms with Crippen molar-refractivity contribution < 1.29 is 9.32 Å². The number of benzene rings is 1. The van der Waals surface area contributed by atoms with Gasteiger partial charge in [0.2, 0.25) is 5.89 Å². The molecule has 1 aliphatic rings. The van der Waals surface area contributed by atoms with Crippen molar-refractivity contribution in [3.05, 3.63) is 58.5 Å². The van der Waals surface area contributed by atoms with Crippen LogP contribution in [-0.2, 0) is 6.54 Å². The van der Waals surface area contributed by atoms with E-state index in [1.54, 1.807) is 11.6 Å². The molecule has 0 radical (unpaired) electrons. The van der Waals surface area contributed by atoms with Crippen molar-refractivity contribution in [1.82, 2.24) is 25.2 Å². The van der Waals surface area contributed by atoms with E-state index in [0.717, 1.165) is 24.4 Å². The topological polar surface area (TPSA) is 85.8 Å². The summed E-state index contributed by atoms with van der Waals surface area (Å²) < 4.78 is 6.70. The van der Waals surface area contributed by atoms with Crippen LogP contribution in [0.1, 0.15) is 46.5 Å². The summed E-state index contributed by atoms with van der Waals surface area (Å²) in [5.74, 6) is 1.19. The van der Waals surface area contributed by atoms with Crippen LogP contribution in [0, 0.1) is 6.92 Å². The van der Waals surface area contributed by atoms with Crippen molar-refractivity contribution in [2.45, 2.75) is 32.2 Å². The van der Waals surface area contributed by atoms with Gasteiger partial charge in [-0.05, 0) is 31.9 Å². The molecule has 0 unspecified atom stereocenters. The molecule has 0 atom stereocenters. The molecule has 4 rings (SSSR count). The lowest BCUT2D eigenvalue weighted by Crippen LogP contribution is -2.23. The van der Waals surface area contributed by atoms with Gasteiger partial charge < -0.3 is 9.84 Å². The number of carbonyl (C=O) groups is 1. The van der Waals surface area contributed by atoms with E-state index in [9.17, 15) is 4.79 Å². The highest BCUT2D eigenvalue weighted by Crippen LogP contribution is 2.38. The summed E-state index contributed by atoms with van der Waals surface area (Å²) in [6, 6.07) is 9.42. The highest BCUT2D eigenvalue weighted by atomic mass is 35.5. The van der Waals surface area contributed by atoms with Gasteiger partial charge >= 0.3 is 0 Å². The van der Waals surface area contributed by atoms with E-state index in [1.165, 1.54) is 0 Å². The van der Waals surface area contributed by atoms with Gasteiger partial charge in [-0.2, -0.15) is 10.1 Å². The predicted molar refractivity (Wildman–Crippen MR) is 90.8 cm³/mol. The van der Waals surface area contributed by atoms with E-state index in [4.69, 9.17) is 16.1 Å². The van der Waals surface area contributed by atoms with Crippen LogP contribution < -0.4 is 5.32 Å². The van der Waals surface area contributed by atoms with Crippen molar-refractivity contribution in [1.29, 1.82) is 0 Å². The third-order valence-electron chi connectivity index (χ3n) is 4.06. The van der Waals surface area contributed by atoms with Crippen LogP contribution in [0.2, 0.25) is 5.15 Å². The Labute approximate surface area is 149 Å². The van der Waals surface area contributed by atoms with Crippen LogP contribution in [0.3, 0.4) is 0 Å². The minimum Gasteiger partial charge on any atom is -0.343 e. The Morgan fingerprint density at radius 1 is 1.36 bits per heavy atom. The maximum absolute atomic E-state index is 12.5. The Morgan fingerprint density at radius 3 is 2.84 bits per heavy atom.